The van der Waals surface area contributed by atoms with E-state index >= 15 is 0 Å². The van der Waals surface area contributed by atoms with Crippen molar-refractivity contribution in [2.75, 3.05) is 5.73 Å². The van der Waals surface area contributed by atoms with Gasteiger partial charge < -0.3 is 10.5 Å². The maximum absolute atomic E-state index is 12.3. The Balaban J connectivity index is 2.44. The zero-order valence-electron chi connectivity index (χ0n) is 12.5. The zero-order valence-corrected chi connectivity index (χ0v) is 15.5. The van der Waals surface area contributed by atoms with Crippen LogP contribution in [0.1, 0.15) is 36.0 Å². The second kappa shape index (κ2) is 5.96. The molecular weight excluding hydrogens is 397 g/mol. The topological polar surface area (TPSA) is 52.3 Å². The van der Waals surface area contributed by atoms with Gasteiger partial charge in [-0.05, 0) is 73.5 Å². The summed E-state index contributed by atoms with van der Waals surface area (Å²) < 4.78 is 6.57. The van der Waals surface area contributed by atoms with Crippen molar-refractivity contribution in [2.45, 2.75) is 33.3 Å². The van der Waals surface area contributed by atoms with E-state index in [-0.39, 0.29) is 5.97 Å². The van der Waals surface area contributed by atoms with Crippen LogP contribution in [0.15, 0.2) is 24.3 Å². The van der Waals surface area contributed by atoms with E-state index in [1.165, 1.54) is 11.3 Å². The molecule has 0 aliphatic rings. The Morgan fingerprint density at radius 2 is 2.00 bits per heavy atom. The van der Waals surface area contributed by atoms with Gasteiger partial charge in [0.1, 0.15) is 10.5 Å². The molecule has 0 aliphatic carbocycles. The summed E-state index contributed by atoms with van der Waals surface area (Å²) in [5.41, 5.74) is 8.11. The molecule has 0 saturated carbocycles. The predicted molar refractivity (Wildman–Crippen MR) is 96.8 cm³/mol. The number of esters is 1. The smallest absolute Gasteiger partial charge is 0.351 e. The number of carbonyl (C=O) groups excluding carboxylic acids is 1. The maximum atomic E-state index is 12.3. The fraction of sp³-hybridized carbons (Fsp3) is 0.312. The molecule has 3 nitrogen and oxygen atoms in total. The van der Waals surface area contributed by atoms with Gasteiger partial charge >= 0.3 is 5.97 Å². The molecule has 2 aromatic rings. The minimum atomic E-state index is -0.524. The summed E-state index contributed by atoms with van der Waals surface area (Å²) in [6, 6.07) is 8.14. The number of nitrogens with two attached hydrogens (primary N) is 1. The average Bonchev–Trinajstić information content (AvgIpc) is 2.64. The average molecular weight is 415 g/mol. The highest BCUT2D eigenvalue weighted by Crippen LogP contribution is 2.39. The zero-order chi connectivity index (χ0) is 15.8. The molecule has 1 heterocycles. The van der Waals surface area contributed by atoms with Crippen LogP contribution in [0.4, 0.5) is 5.69 Å². The number of carbonyl (C=O) groups is 1. The first kappa shape index (κ1) is 16.3. The van der Waals surface area contributed by atoms with Gasteiger partial charge in [-0.3, -0.25) is 0 Å². The number of anilines is 1. The summed E-state index contributed by atoms with van der Waals surface area (Å²) in [7, 11) is 0. The van der Waals surface area contributed by atoms with Gasteiger partial charge in [-0.2, -0.15) is 0 Å². The first-order valence-electron chi connectivity index (χ1n) is 6.57. The van der Waals surface area contributed by atoms with E-state index < -0.39 is 5.60 Å². The van der Waals surface area contributed by atoms with Crippen molar-refractivity contribution in [3.8, 4) is 10.4 Å². The number of hydrogen-bond donors (Lipinski definition) is 1. The summed E-state index contributed by atoms with van der Waals surface area (Å²) in [6.45, 7) is 7.49. The van der Waals surface area contributed by atoms with Gasteiger partial charge in [0.15, 0.2) is 0 Å². The van der Waals surface area contributed by atoms with Crippen LogP contribution in [0.2, 0.25) is 0 Å². The van der Waals surface area contributed by atoms with Crippen molar-refractivity contribution in [1.82, 2.24) is 0 Å². The Morgan fingerprint density at radius 3 is 2.57 bits per heavy atom. The van der Waals surface area contributed by atoms with Crippen molar-refractivity contribution in [1.29, 1.82) is 0 Å². The Hall–Kier alpha value is -1.08. The van der Waals surface area contributed by atoms with E-state index in [2.05, 4.69) is 28.7 Å². The summed E-state index contributed by atoms with van der Waals surface area (Å²) in [6.07, 6.45) is 0. The predicted octanol–water partition coefficient (Wildman–Crippen LogP) is 4.87. The monoisotopic (exact) mass is 415 g/mol. The van der Waals surface area contributed by atoms with Gasteiger partial charge in [-0.1, -0.05) is 12.1 Å². The van der Waals surface area contributed by atoms with Crippen molar-refractivity contribution < 1.29 is 9.53 Å². The quantitative estimate of drug-likeness (QED) is 0.563. The van der Waals surface area contributed by atoms with E-state index in [1.807, 2.05) is 45.9 Å². The number of hydrogen-bond acceptors (Lipinski definition) is 4. The van der Waals surface area contributed by atoms with Crippen LogP contribution in [0.5, 0.6) is 0 Å². The fourth-order valence-electron chi connectivity index (χ4n) is 1.91. The number of benzene rings is 1. The molecule has 0 amide bonds. The van der Waals surface area contributed by atoms with Gasteiger partial charge in [0.25, 0.3) is 0 Å². The standard InChI is InChI=1S/C16H18INO2S/c1-9-12(18)14(15(19)20-16(2,3)4)21-13(9)10-6-5-7-11(17)8-10/h5-8H,18H2,1-4H3. The Kier molecular flexibility index (Phi) is 4.63. The molecule has 0 atom stereocenters. The molecule has 0 saturated heterocycles. The van der Waals surface area contributed by atoms with Crippen LogP contribution < -0.4 is 5.73 Å². The molecule has 1 aromatic heterocycles. The lowest BCUT2D eigenvalue weighted by Gasteiger charge is -2.19. The third-order valence-corrected chi connectivity index (χ3v) is 4.87. The van der Waals surface area contributed by atoms with E-state index in [0.717, 1.165) is 19.6 Å². The van der Waals surface area contributed by atoms with Gasteiger partial charge in [0, 0.05) is 8.45 Å². The minimum absolute atomic E-state index is 0.357. The summed E-state index contributed by atoms with van der Waals surface area (Å²) in [4.78, 5) is 13.8. The molecule has 0 radical (unpaired) electrons. The number of halogens is 1. The molecule has 1 aromatic carbocycles. The Bertz CT molecular complexity index is 686. The van der Waals surface area contributed by atoms with Gasteiger partial charge in [0.05, 0.1) is 5.69 Å². The van der Waals surface area contributed by atoms with Crippen molar-refractivity contribution in [3.63, 3.8) is 0 Å². The maximum Gasteiger partial charge on any atom is 0.351 e. The summed E-state index contributed by atoms with van der Waals surface area (Å²) >= 11 is 3.67. The largest absolute Gasteiger partial charge is 0.456 e. The molecule has 0 aliphatic heterocycles. The van der Waals surface area contributed by atoms with Crippen molar-refractivity contribution in [2.24, 2.45) is 0 Å². The van der Waals surface area contributed by atoms with Crippen LogP contribution in [-0.2, 0) is 4.74 Å². The molecule has 2 rings (SSSR count). The molecule has 0 spiro atoms. The van der Waals surface area contributed by atoms with E-state index in [4.69, 9.17) is 10.5 Å². The van der Waals surface area contributed by atoms with E-state index in [1.54, 1.807) is 0 Å². The van der Waals surface area contributed by atoms with Crippen LogP contribution in [0, 0.1) is 10.5 Å². The Morgan fingerprint density at radius 1 is 1.33 bits per heavy atom. The van der Waals surface area contributed by atoms with Gasteiger partial charge in [-0.25, -0.2) is 4.79 Å². The molecule has 5 heteroatoms. The van der Waals surface area contributed by atoms with Crippen molar-refractivity contribution >= 4 is 45.6 Å². The highest BCUT2D eigenvalue weighted by molar-refractivity contribution is 14.1. The number of thiophene rings is 1. The van der Waals surface area contributed by atoms with E-state index in [0.29, 0.717) is 10.6 Å². The fourth-order valence-corrected chi connectivity index (χ4v) is 3.55. The van der Waals surface area contributed by atoms with Crippen LogP contribution >= 0.6 is 33.9 Å². The molecular formula is C16H18INO2S. The summed E-state index contributed by atoms with van der Waals surface area (Å²) in [5, 5.41) is 0. The van der Waals surface area contributed by atoms with Crippen LogP contribution in [0.25, 0.3) is 10.4 Å². The number of rotatable bonds is 2. The molecule has 0 fully saturated rings. The third-order valence-electron chi connectivity index (χ3n) is 2.86. The molecule has 112 valence electrons. The second-order valence-electron chi connectivity index (χ2n) is 5.81. The Labute approximate surface area is 142 Å². The third kappa shape index (κ3) is 3.77. The molecule has 21 heavy (non-hydrogen) atoms. The van der Waals surface area contributed by atoms with Crippen molar-refractivity contribution in [3.05, 3.63) is 38.3 Å². The lowest BCUT2D eigenvalue weighted by Crippen LogP contribution is -2.23. The highest BCUT2D eigenvalue weighted by Gasteiger charge is 2.24. The number of nitrogen functional groups attached to an aromatic ring is 1. The minimum Gasteiger partial charge on any atom is -0.456 e. The molecule has 0 bridgehead atoms. The SMILES string of the molecule is Cc1c(-c2cccc(I)c2)sc(C(=O)OC(C)(C)C)c1N. The van der Waals surface area contributed by atoms with Gasteiger partial charge in [0.2, 0.25) is 0 Å². The first-order chi connectivity index (χ1) is 9.69. The number of ether oxygens (including phenoxy) is 1. The molecule has 2 N–H and O–H groups in total. The normalized spacial score (nSPS) is 11.5. The summed E-state index contributed by atoms with van der Waals surface area (Å²) in [5.74, 6) is -0.357. The van der Waals surface area contributed by atoms with E-state index in [9.17, 15) is 4.79 Å². The second-order valence-corrected chi connectivity index (χ2v) is 8.08. The first-order valence-corrected chi connectivity index (χ1v) is 8.46. The highest BCUT2D eigenvalue weighted by atomic mass is 127. The van der Waals surface area contributed by atoms with Crippen LogP contribution in [0.3, 0.4) is 0 Å². The van der Waals surface area contributed by atoms with Crippen LogP contribution in [-0.4, -0.2) is 11.6 Å². The van der Waals surface area contributed by atoms with Gasteiger partial charge in [-0.15, -0.1) is 11.3 Å². The lowest BCUT2D eigenvalue weighted by molar-refractivity contribution is 0.00763. The lowest BCUT2D eigenvalue weighted by atomic mass is 10.1. The molecule has 0 unspecified atom stereocenters.